The molecule has 8 heteroatoms. The Morgan fingerprint density at radius 1 is 1.15 bits per heavy atom. The molecule has 0 saturated heterocycles. The van der Waals surface area contributed by atoms with Crippen LogP contribution in [0, 0.1) is 0 Å². The lowest BCUT2D eigenvalue weighted by Crippen LogP contribution is -2.03. The van der Waals surface area contributed by atoms with E-state index in [2.05, 4.69) is 15.2 Å². The number of nitrogens with zero attached hydrogens (tertiary/aromatic N) is 3. The Labute approximate surface area is 157 Å². The first-order chi connectivity index (χ1) is 12.6. The lowest BCUT2D eigenvalue weighted by molar-refractivity contribution is -0.133. The number of nitrogens with one attached hydrogen (secondary N) is 1. The Kier molecular flexibility index (Phi) is 4.40. The van der Waals surface area contributed by atoms with Crippen LogP contribution >= 0.6 is 23.4 Å². The number of halogens is 1. The molecule has 6 nitrogen and oxygen atoms in total. The first-order valence-corrected chi connectivity index (χ1v) is 9.12. The van der Waals surface area contributed by atoms with E-state index < -0.39 is 5.97 Å². The maximum atomic E-state index is 11.0. The minimum atomic E-state index is -0.908. The van der Waals surface area contributed by atoms with Gasteiger partial charge in [-0.3, -0.25) is 9.36 Å². The molecule has 0 amide bonds. The molecular weight excluding hydrogens is 372 g/mol. The third kappa shape index (κ3) is 3.07. The van der Waals surface area contributed by atoms with Crippen molar-refractivity contribution < 1.29 is 9.90 Å². The summed E-state index contributed by atoms with van der Waals surface area (Å²) in [6.07, 6.45) is 1.88. The molecule has 0 bridgehead atoms. The maximum absolute atomic E-state index is 11.0. The van der Waals surface area contributed by atoms with Crippen LogP contribution in [0.25, 0.3) is 28.0 Å². The monoisotopic (exact) mass is 384 g/mol. The van der Waals surface area contributed by atoms with Gasteiger partial charge in [0.15, 0.2) is 11.0 Å². The largest absolute Gasteiger partial charge is 0.481 e. The van der Waals surface area contributed by atoms with Crippen molar-refractivity contribution in [3.63, 3.8) is 0 Å². The molecule has 0 atom stereocenters. The van der Waals surface area contributed by atoms with Crippen LogP contribution in [0.4, 0.5) is 0 Å². The van der Waals surface area contributed by atoms with E-state index in [4.69, 9.17) is 16.7 Å². The molecule has 2 heterocycles. The lowest BCUT2D eigenvalue weighted by atomic mass is 10.1. The maximum Gasteiger partial charge on any atom is 0.313 e. The summed E-state index contributed by atoms with van der Waals surface area (Å²) in [7, 11) is 0. The molecule has 0 radical (unpaired) electrons. The molecule has 130 valence electrons. The van der Waals surface area contributed by atoms with Crippen LogP contribution in [-0.2, 0) is 4.79 Å². The summed E-state index contributed by atoms with van der Waals surface area (Å²) < 4.78 is 1.85. The summed E-state index contributed by atoms with van der Waals surface area (Å²) >= 11 is 7.13. The Morgan fingerprint density at radius 3 is 2.69 bits per heavy atom. The Bertz CT molecular complexity index is 1090. The van der Waals surface area contributed by atoms with E-state index in [1.54, 1.807) is 12.1 Å². The Balaban J connectivity index is 1.89. The number of carboxylic acid groups (broad SMARTS) is 1. The first-order valence-electron chi connectivity index (χ1n) is 7.76. The van der Waals surface area contributed by atoms with E-state index in [0.29, 0.717) is 16.0 Å². The molecule has 4 aromatic rings. The van der Waals surface area contributed by atoms with Gasteiger partial charge in [0.05, 0.1) is 5.75 Å². The number of carbonyl (C=O) groups is 1. The van der Waals surface area contributed by atoms with Crippen molar-refractivity contribution in [2.24, 2.45) is 0 Å². The average Bonchev–Trinajstić information content (AvgIpc) is 3.24. The standard InChI is InChI=1S/C18H13ClN4O2S/c19-11-5-7-12(8-6-11)23-17(21-22-18(23)26-10-16(24)25)14-9-20-15-4-2-1-3-13(14)15/h1-9,20H,10H2,(H,24,25). The minimum absolute atomic E-state index is 0.0976. The molecule has 2 aromatic heterocycles. The number of thioether (sulfide) groups is 1. The number of aliphatic carboxylic acids is 1. The van der Waals surface area contributed by atoms with Crippen molar-refractivity contribution in [1.29, 1.82) is 0 Å². The molecule has 0 unspecified atom stereocenters. The number of benzene rings is 2. The predicted molar refractivity (Wildman–Crippen MR) is 102 cm³/mol. The van der Waals surface area contributed by atoms with Crippen molar-refractivity contribution in [3.8, 4) is 17.1 Å². The number of hydrogen-bond donors (Lipinski definition) is 2. The number of para-hydroxylation sites is 1. The van der Waals surface area contributed by atoms with E-state index >= 15 is 0 Å². The smallest absolute Gasteiger partial charge is 0.313 e. The van der Waals surface area contributed by atoms with Crippen LogP contribution in [0.2, 0.25) is 5.02 Å². The summed E-state index contributed by atoms with van der Waals surface area (Å²) in [5, 5.41) is 19.7. The number of hydrogen-bond acceptors (Lipinski definition) is 4. The Morgan fingerprint density at radius 2 is 1.92 bits per heavy atom. The highest BCUT2D eigenvalue weighted by atomic mass is 35.5. The molecule has 0 spiro atoms. The van der Waals surface area contributed by atoms with E-state index in [-0.39, 0.29) is 5.75 Å². The van der Waals surface area contributed by atoms with E-state index in [9.17, 15) is 4.79 Å². The van der Waals surface area contributed by atoms with Gasteiger partial charge in [-0.05, 0) is 30.3 Å². The third-order valence-electron chi connectivity index (χ3n) is 3.87. The van der Waals surface area contributed by atoms with Crippen molar-refractivity contribution in [2.75, 3.05) is 5.75 Å². The van der Waals surface area contributed by atoms with Gasteiger partial charge in [0.2, 0.25) is 0 Å². The fourth-order valence-corrected chi connectivity index (χ4v) is 3.54. The zero-order valence-corrected chi connectivity index (χ0v) is 15.0. The first kappa shape index (κ1) is 16.7. The second-order valence-electron chi connectivity index (χ2n) is 5.55. The second-order valence-corrected chi connectivity index (χ2v) is 6.93. The number of fused-ring (bicyclic) bond motifs is 1. The highest BCUT2D eigenvalue weighted by Gasteiger charge is 2.19. The van der Waals surface area contributed by atoms with Gasteiger partial charge in [-0.25, -0.2) is 0 Å². The van der Waals surface area contributed by atoms with E-state index in [1.165, 1.54) is 0 Å². The Hall–Kier alpha value is -2.77. The summed E-state index contributed by atoms with van der Waals surface area (Å²) in [6.45, 7) is 0. The number of rotatable bonds is 5. The van der Waals surface area contributed by atoms with Gasteiger partial charge < -0.3 is 10.1 Å². The fraction of sp³-hybridized carbons (Fsp3) is 0.0556. The molecular formula is C18H13ClN4O2S. The number of aromatic nitrogens is 4. The van der Waals surface area contributed by atoms with Gasteiger partial charge in [-0.15, -0.1) is 10.2 Å². The molecule has 0 fully saturated rings. The molecule has 0 aliphatic heterocycles. The van der Waals surface area contributed by atoms with Crippen molar-refractivity contribution >= 4 is 40.2 Å². The van der Waals surface area contributed by atoms with Gasteiger partial charge in [-0.2, -0.15) is 0 Å². The van der Waals surface area contributed by atoms with Crippen LogP contribution in [0.3, 0.4) is 0 Å². The van der Waals surface area contributed by atoms with E-state index in [0.717, 1.165) is 33.9 Å². The van der Waals surface area contributed by atoms with Crippen LogP contribution in [0.1, 0.15) is 0 Å². The van der Waals surface area contributed by atoms with Gasteiger partial charge >= 0.3 is 5.97 Å². The summed E-state index contributed by atoms with van der Waals surface area (Å²) in [6, 6.07) is 15.2. The van der Waals surface area contributed by atoms with E-state index in [1.807, 2.05) is 47.2 Å². The molecule has 0 aliphatic carbocycles. The van der Waals surface area contributed by atoms with Gasteiger partial charge in [0, 0.05) is 33.4 Å². The molecule has 0 saturated carbocycles. The lowest BCUT2D eigenvalue weighted by Gasteiger charge is -2.09. The van der Waals surface area contributed by atoms with Crippen molar-refractivity contribution in [1.82, 2.24) is 19.7 Å². The molecule has 2 N–H and O–H groups in total. The van der Waals surface area contributed by atoms with Gasteiger partial charge in [0.25, 0.3) is 0 Å². The highest BCUT2D eigenvalue weighted by molar-refractivity contribution is 7.99. The number of aromatic amines is 1. The van der Waals surface area contributed by atoms with Crippen LogP contribution in [0.15, 0.2) is 59.9 Å². The van der Waals surface area contributed by atoms with Crippen LogP contribution in [-0.4, -0.2) is 36.6 Å². The molecule has 0 aliphatic rings. The third-order valence-corrected chi connectivity index (χ3v) is 5.04. The zero-order valence-electron chi connectivity index (χ0n) is 13.4. The normalized spacial score (nSPS) is 11.1. The average molecular weight is 385 g/mol. The quantitative estimate of drug-likeness (QED) is 0.502. The highest BCUT2D eigenvalue weighted by Crippen LogP contribution is 2.32. The van der Waals surface area contributed by atoms with Crippen molar-refractivity contribution in [2.45, 2.75) is 5.16 Å². The summed E-state index contributed by atoms with van der Waals surface area (Å²) in [5.41, 5.74) is 2.70. The summed E-state index contributed by atoms with van der Waals surface area (Å²) in [5.74, 6) is -0.369. The zero-order chi connectivity index (χ0) is 18.1. The number of H-pyrrole nitrogens is 1. The molecule has 4 rings (SSSR count). The molecule has 2 aromatic carbocycles. The summed E-state index contributed by atoms with van der Waals surface area (Å²) in [4.78, 5) is 14.2. The second kappa shape index (κ2) is 6.86. The predicted octanol–water partition coefficient (Wildman–Crippen LogP) is 4.25. The minimum Gasteiger partial charge on any atom is -0.481 e. The number of carboxylic acids is 1. The topological polar surface area (TPSA) is 83.8 Å². The van der Waals surface area contributed by atoms with Gasteiger partial charge in [-0.1, -0.05) is 41.6 Å². The SMILES string of the molecule is O=C(O)CSc1nnc(-c2c[nH]c3ccccc23)n1-c1ccc(Cl)cc1. The van der Waals surface area contributed by atoms with Gasteiger partial charge in [0.1, 0.15) is 0 Å². The van der Waals surface area contributed by atoms with Crippen LogP contribution in [0.5, 0.6) is 0 Å². The fourth-order valence-electron chi connectivity index (χ4n) is 2.74. The van der Waals surface area contributed by atoms with Crippen molar-refractivity contribution in [3.05, 3.63) is 59.8 Å². The molecule has 26 heavy (non-hydrogen) atoms. The van der Waals surface area contributed by atoms with Crippen LogP contribution < -0.4 is 0 Å².